The number of rotatable bonds is 0. The van der Waals surface area contributed by atoms with Gasteiger partial charge in [0.15, 0.2) is 0 Å². The van der Waals surface area contributed by atoms with E-state index in [2.05, 4.69) is 13.8 Å². The van der Waals surface area contributed by atoms with E-state index >= 15 is 0 Å². The first-order valence-electron chi connectivity index (χ1n) is 9.19. The van der Waals surface area contributed by atoms with Crippen molar-refractivity contribution >= 4 is 0 Å². The summed E-state index contributed by atoms with van der Waals surface area (Å²) in [5.41, 5.74) is 1.59. The minimum absolute atomic E-state index is 0.759. The Morgan fingerprint density at radius 1 is 0.789 bits per heavy atom. The lowest BCUT2D eigenvalue weighted by Crippen LogP contribution is -2.31. The molecular formula is C19H30. The zero-order valence-corrected chi connectivity index (χ0v) is 12.8. The topological polar surface area (TPSA) is 0 Å². The van der Waals surface area contributed by atoms with Crippen LogP contribution in [0.2, 0.25) is 0 Å². The Kier molecular flexibility index (Phi) is 2.09. The monoisotopic (exact) mass is 258 g/mol. The number of hydrogen-bond acceptors (Lipinski definition) is 0. The van der Waals surface area contributed by atoms with Gasteiger partial charge in [0.1, 0.15) is 0 Å². The van der Waals surface area contributed by atoms with E-state index in [-0.39, 0.29) is 0 Å². The SMILES string of the molecule is CC12C3C4CC4C1[C@@H]1CCCCCCCCC1(C)C32. The summed E-state index contributed by atoms with van der Waals surface area (Å²) in [5.74, 6) is 7.02. The van der Waals surface area contributed by atoms with Crippen molar-refractivity contribution < 1.29 is 0 Å². The average molecular weight is 258 g/mol. The summed E-state index contributed by atoms with van der Waals surface area (Å²) >= 11 is 0. The van der Waals surface area contributed by atoms with Gasteiger partial charge in [-0.3, -0.25) is 0 Å². The Labute approximate surface area is 118 Å². The molecule has 0 aromatic heterocycles. The summed E-state index contributed by atoms with van der Waals surface area (Å²) in [5, 5.41) is 0. The van der Waals surface area contributed by atoms with E-state index in [4.69, 9.17) is 0 Å². The molecule has 0 aromatic rings. The molecule has 0 radical (unpaired) electrons. The molecule has 8 atom stereocenters. The zero-order chi connectivity index (χ0) is 12.8. The van der Waals surface area contributed by atoms with Crippen LogP contribution in [0.4, 0.5) is 0 Å². The Balaban J connectivity index is 1.50. The largest absolute Gasteiger partial charge is 0.0591 e. The van der Waals surface area contributed by atoms with E-state index in [1.165, 1.54) is 49.9 Å². The van der Waals surface area contributed by atoms with Gasteiger partial charge in [0.05, 0.1) is 0 Å². The highest BCUT2D eigenvalue weighted by Gasteiger charge is 2.88. The normalized spacial score (nSPS) is 66.0. The minimum Gasteiger partial charge on any atom is -0.0591 e. The van der Waals surface area contributed by atoms with Crippen molar-refractivity contribution in [3.05, 3.63) is 0 Å². The second-order valence-electron chi connectivity index (χ2n) is 9.23. The van der Waals surface area contributed by atoms with Crippen LogP contribution >= 0.6 is 0 Å². The summed E-state index contributed by atoms with van der Waals surface area (Å²) in [6.07, 6.45) is 14.0. The van der Waals surface area contributed by atoms with Crippen LogP contribution in [0.1, 0.15) is 71.6 Å². The highest BCUT2D eigenvalue weighted by Crippen LogP contribution is 2.93. The van der Waals surface area contributed by atoms with Gasteiger partial charge in [-0.2, -0.15) is 0 Å². The molecule has 5 aliphatic rings. The highest BCUT2D eigenvalue weighted by atomic mass is 14.9. The quantitative estimate of drug-likeness (QED) is 0.555. The van der Waals surface area contributed by atoms with E-state index in [1.807, 2.05) is 0 Å². The Bertz CT molecular complexity index is 412. The number of fused-ring (bicyclic) bond motifs is 7. The fourth-order valence-electron chi connectivity index (χ4n) is 8.15. The molecule has 0 aliphatic heterocycles. The van der Waals surface area contributed by atoms with Crippen LogP contribution in [-0.2, 0) is 0 Å². The van der Waals surface area contributed by atoms with Gasteiger partial charge in [-0.05, 0) is 65.6 Å². The molecule has 0 amide bonds. The van der Waals surface area contributed by atoms with Crippen LogP contribution in [0.3, 0.4) is 0 Å². The number of hydrogen-bond donors (Lipinski definition) is 0. The molecule has 0 spiro atoms. The molecule has 19 heavy (non-hydrogen) atoms. The molecular weight excluding hydrogens is 228 g/mol. The molecule has 0 aromatic carbocycles. The van der Waals surface area contributed by atoms with Gasteiger partial charge in [-0.1, -0.05) is 52.4 Å². The fraction of sp³-hybridized carbons (Fsp3) is 1.00. The van der Waals surface area contributed by atoms with Crippen LogP contribution in [-0.4, -0.2) is 0 Å². The van der Waals surface area contributed by atoms with Gasteiger partial charge in [-0.15, -0.1) is 0 Å². The molecule has 106 valence electrons. The van der Waals surface area contributed by atoms with Crippen molar-refractivity contribution in [2.45, 2.75) is 71.6 Å². The third-order valence-electron chi connectivity index (χ3n) is 8.64. The maximum Gasteiger partial charge on any atom is -0.0221 e. The van der Waals surface area contributed by atoms with Crippen molar-refractivity contribution in [1.29, 1.82) is 0 Å². The van der Waals surface area contributed by atoms with Crippen molar-refractivity contribution in [2.75, 3.05) is 0 Å². The Hall–Kier alpha value is 0. The Morgan fingerprint density at radius 3 is 2.32 bits per heavy atom. The molecule has 5 aliphatic carbocycles. The van der Waals surface area contributed by atoms with E-state index < -0.39 is 0 Å². The maximum atomic E-state index is 2.73. The molecule has 5 rings (SSSR count). The molecule has 5 saturated carbocycles. The van der Waals surface area contributed by atoms with Crippen LogP contribution in [0, 0.1) is 46.3 Å². The molecule has 0 saturated heterocycles. The average Bonchev–Trinajstić information content (AvgIpc) is 3.23. The Morgan fingerprint density at radius 2 is 1.47 bits per heavy atom. The van der Waals surface area contributed by atoms with Crippen LogP contribution < -0.4 is 0 Å². The van der Waals surface area contributed by atoms with E-state index in [1.54, 1.807) is 25.7 Å². The smallest absolute Gasteiger partial charge is 0.0221 e. The third-order valence-corrected chi connectivity index (χ3v) is 8.64. The van der Waals surface area contributed by atoms with E-state index in [9.17, 15) is 0 Å². The standard InChI is InChI=1S/C19H30/c1-18-10-8-6-4-3-5-7-9-14(18)15-12-11-13(12)16-17(18)19(15,16)2/h12-17H,3-11H2,1-2H3/t12?,13?,14-,15?,16?,17?,18?,19?/m0/s1. The van der Waals surface area contributed by atoms with Gasteiger partial charge in [0.25, 0.3) is 0 Å². The van der Waals surface area contributed by atoms with Gasteiger partial charge in [0, 0.05) is 0 Å². The van der Waals surface area contributed by atoms with Crippen molar-refractivity contribution in [1.82, 2.24) is 0 Å². The first-order chi connectivity index (χ1) is 9.19. The van der Waals surface area contributed by atoms with Crippen LogP contribution in [0.5, 0.6) is 0 Å². The lowest BCUT2D eigenvalue weighted by molar-refractivity contribution is 0.100. The minimum atomic E-state index is 0.759. The zero-order valence-electron chi connectivity index (χ0n) is 12.8. The van der Waals surface area contributed by atoms with Crippen LogP contribution in [0.15, 0.2) is 0 Å². The first-order valence-corrected chi connectivity index (χ1v) is 9.19. The molecule has 0 heterocycles. The summed E-state index contributed by atoms with van der Waals surface area (Å²) in [4.78, 5) is 0. The summed E-state index contributed by atoms with van der Waals surface area (Å²) in [6.45, 7) is 5.43. The van der Waals surface area contributed by atoms with Gasteiger partial charge >= 0.3 is 0 Å². The predicted molar refractivity (Wildman–Crippen MR) is 78.7 cm³/mol. The second kappa shape index (κ2) is 3.42. The molecule has 0 bridgehead atoms. The second-order valence-corrected chi connectivity index (χ2v) is 9.23. The molecule has 0 heteroatoms. The third kappa shape index (κ3) is 1.20. The summed E-state index contributed by atoms with van der Waals surface area (Å²) in [7, 11) is 0. The van der Waals surface area contributed by atoms with Gasteiger partial charge < -0.3 is 0 Å². The van der Waals surface area contributed by atoms with Crippen molar-refractivity contribution in [3.63, 3.8) is 0 Å². The molecule has 0 nitrogen and oxygen atoms in total. The first kappa shape index (κ1) is 11.6. The maximum absolute atomic E-state index is 2.73. The summed E-state index contributed by atoms with van der Waals surface area (Å²) in [6, 6.07) is 0. The van der Waals surface area contributed by atoms with Crippen molar-refractivity contribution in [2.24, 2.45) is 46.3 Å². The molecule has 0 N–H and O–H groups in total. The lowest BCUT2D eigenvalue weighted by atomic mass is 9.66. The van der Waals surface area contributed by atoms with Crippen LogP contribution in [0.25, 0.3) is 0 Å². The molecule has 5 fully saturated rings. The fourth-order valence-corrected chi connectivity index (χ4v) is 8.15. The van der Waals surface area contributed by atoms with Crippen molar-refractivity contribution in [3.8, 4) is 0 Å². The van der Waals surface area contributed by atoms with Gasteiger partial charge in [0.2, 0.25) is 0 Å². The summed E-state index contributed by atoms with van der Waals surface area (Å²) < 4.78 is 0. The van der Waals surface area contributed by atoms with E-state index in [0.29, 0.717) is 0 Å². The van der Waals surface area contributed by atoms with Gasteiger partial charge in [-0.25, -0.2) is 0 Å². The predicted octanol–water partition coefficient (Wildman–Crippen LogP) is 5.28. The molecule has 7 unspecified atom stereocenters. The van der Waals surface area contributed by atoms with E-state index in [0.717, 1.165) is 28.6 Å². The lowest BCUT2D eigenvalue weighted by Gasteiger charge is -2.39. The highest BCUT2D eigenvalue weighted by molar-refractivity contribution is 5.35.